The zero-order valence-electron chi connectivity index (χ0n) is 16.3. The van der Waals surface area contributed by atoms with Crippen molar-refractivity contribution in [1.82, 2.24) is 10.6 Å². The molecule has 3 N–H and O–H groups in total. The van der Waals surface area contributed by atoms with Gasteiger partial charge in [0.2, 0.25) is 0 Å². The Morgan fingerprint density at radius 2 is 1.88 bits per heavy atom. The van der Waals surface area contributed by atoms with Crippen LogP contribution in [0.3, 0.4) is 0 Å². The van der Waals surface area contributed by atoms with Gasteiger partial charge in [-0.05, 0) is 44.4 Å². The lowest BCUT2D eigenvalue weighted by molar-refractivity contribution is 0.0689. The van der Waals surface area contributed by atoms with Crippen LogP contribution in [0.15, 0.2) is 4.99 Å². The summed E-state index contributed by atoms with van der Waals surface area (Å²) in [7, 11) is 1.69. The van der Waals surface area contributed by atoms with Gasteiger partial charge in [-0.3, -0.25) is 4.99 Å². The third-order valence-electron chi connectivity index (χ3n) is 4.91. The van der Waals surface area contributed by atoms with E-state index in [-0.39, 0.29) is 12.0 Å². The molecule has 0 heterocycles. The van der Waals surface area contributed by atoms with E-state index in [1.807, 2.05) is 0 Å². The number of guanidine groups is 1. The van der Waals surface area contributed by atoms with Gasteiger partial charge in [0.15, 0.2) is 5.96 Å². The highest BCUT2D eigenvalue weighted by molar-refractivity contribution is 5.79. The van der Waals surface area contributed by atoms with Gasteiger partial charge in [-0.25, -0.2) is 0 Å². The molecule has 0 aromatic carbocycles. The van der Waals surface area contributed by atoms with E-state index in [1.165, 1.54) is 32.1 Å². The Kier molecular flexibility index (Phi) is 12.7. The molecule has 0 aromatic rings. The number of nitrogens with one attached hydrogen (secondary N) is 2. The molecule has 0 saturated heterocycles. The van der Waals surface area contributed by atoms with E-state index in [4.69, 9.17) is 14.5 Å². The maximum Gasteiger partial charge on any atom is 0.191 e. The number of aliphatic hydroxyl groups is 1. The molecule has 0 unspecified atom stereocenters. The van der Waals surface area contributed by atoms with E-state index in [2.05, 4.69) is 17.6 Å². The van der Waals surface area contributed by atoms with Crippen LogP contribution in [-0.2, 0) is 9.47 Å². The number of hydrogen-bond acceptors (Lipinski definition) is 4. The molecule has 0 aliphatic heterocycles. The Morgan fingerprint density at radius 1 is 1.08 bits per heavy atom. The van der Waals surface area contributed by atoms with Crippen LogP contribution in [0.4, 0.5) is 0 Å². The van der Waals surface area contributed by atoms with E-state index in [0.29, 0.717) is 13.2 Å². The number of rotatable bonds is 13. The van der Waals surface area contributed by atoms with E-state index in [9.17, 15) is 5.11 Å². The summed E-state index contributed by atoms with van der Waals surface area (Å²) in [6, 6.07) is 0. The van der Waals surface area contributed by atoms with Crippen molar-refractivity contribution in [3.63, 3.8) is 0 Å². The summed E-state index contributed by atoms with van der Waals surface area (Å²) < 4.78 is 10.4. The van der Waals surface area contributed by atoms with Crippen LogP contribution in [0.1, 0.15) is 58.3 Å². The second-order valence-electron chi connectivity index (χ2n) is 6.97. The zero-order valence-corrected chi connectivity index (χ0v) is 16.3. The summed E-state index contributed by atoms with van der Waals surface area (Å²) in [6.07, 6.45) is 9.19. The monoisotopic (exact) mass is 357 g/mol. The van der Waals surface area contributed by atoms with Gasteiger partial charge in [-0.2, -0.15) is 0 Å². The average molecular weight is 358 g/mol. The van der Waals surface area contributed by atoms with Crippen molar-refractivity contribution in [2.24, 2.45) is 10.4 Å². The van der Waals surface area contributed by atoms with Gasteiger partial charge >= 0.3 is 0 Å². The first kappa shape index (κ1) is 22.2. The van der Waals surface area contributed by atoms with Gasteiger partial charge in [0, 0.05) is 40.0 Å². The van der Waals surface area contributed by atoms with Crippen LogP contribution in [0.5, 0.6) is 0 Å². The van der Waals surface area contributed by atoms with Crippen molar-refractivity contribution in [2.45, 2.75) is 58.3 Å². The second-order valence-corrected chi connectivity index (χ2v) is 6.97. The molecule has 148 valence electrons. The first-order chi connectivity index (χ1) is 12.3. The Hall–Kier alpha value is -0.850. The highest BCUT2D eigenvalue weighted by atomic mass is 16.5. The van der Waals surface area contributed by atoms with Gasteiger partial charge in [0.25, 0.3) is 0 Å². The fourth-order valence-corrected chi connectivity index (χ4v) is 3.39. The molecule has 1 rings (SSSR count). The number of ether oxygens (including phenoxy) is 2. The molecular weight excluding hydrogens is 318 g/mol. The van der Waals surface area contributed by atoms with Crippen LogP contribution in [0, 0.1) is 5.41 Å². The van der Waals surface area contributed by atoms with Crippen molar-refractivity contribution in [1.29, 1.82) is 0 Å². The third-order valence-corrected chi connectivity index (χ3v) is 4.91. The van der Waals surface area contributed by atoms with Gasteiger partial charge in [-0.15, -0.1) is 0 Å². The lowest BCUT2D eigenvalue weighted by Gasteiger charge is -2.35. The molecular formula is C19H39N3O3. The molecule has 0 amide bonds. The molecule has 25 heavy (non-hydrogen) atoms. The maximum atomic E-state index is 9.43. The Morgan fingerprint density at radius 3 is 2.56 bits per heavy atom. The molecule has 6 nitrogen and oxygen atoms in total. The maximum absolute atomic E-state index is 9.43. The lowest BCUT2D eigenvalue weighted by atomic mass is 9.72. The smallest absolute Gasteiger partial charge is 0.191 e. The molecule has 1 fully saturated rings. The van der Waals surface area contributed by atoms with Gasteiger partial charge < -0.3 is 25.2 Å². The predicted molar refractivity (Wildman–Crippen MR) is 103 cm³/mol. The van der Waals surface area contributed by atoms with Gasteiger partial charge in [0.05, 0.1) is 13.2 Å². The van der Waals surface area contributed by atoms with Crippen molar-refractivity contribution in [3.05, 3.63) is 0 Å². The van der Waals surface area contributed by atoms with Crippen molar-refractivity contribution in [2.75, 3.05) is 53.2 Å². The van der Waals surface area contributed by atoms with E-state index < -0.39 is 0 Å². The largest absolute Gasteiger partial charge is 0.396 e. The van der Waals surface area contributed by atoms with Gasteiger partial charge in [0.1, 0.15) is 0 Å². The van der Waals surface area contributed by atoms with Crippen molar-refractivity contribution >= 4 is 5.96 Å². The van der Waals surface area contributed by atoms with Crippen LogP contribution in [0.2, 0.25) is 0 Å². The quantitative estimate of drug-likeness (QED) is 0.268. The van der Waals surface area contributed by atoms with Crippen molar-refractivity contribution < 1.29 is 14.6 Å². The Balaban J connectivity index is 2.32. The number of methoxy groups -OCH3 is 1. The number of nitrogens with zero attached hydrogens (tertiary/aromatic N) is 1. The number of aliphatic hydroxyl groups excluding tert-OH is 1. The van der Waals surface area contributed by atoms with E-state index >= 15 is 0 Å². The highest BCUT2D eigenvalue weighted by Crippen LogP contribution is 2.39. The molecule has 1 aliphatic carbocycles. The summed E-state index contributed by atoms with van der Waals surface area (Å²) in [5, 5.41) is 16.2. The van der Waals surface area contributed by atoms with Crippen LogP contribution in [0.25, 0.3) is 0 Å². The van der Waals surface area contributed by atoms with Crippen LogP contribution in [-0.4, -0.2) is 64.2 Å². The Labute approximate surface area is 153 Å². The van der Waals surface area contributed by atoms with E-state index in [0.717, 1.165) is 51.5 Å². The fourth-order valence-electron chi connectivity index (χ4n) is 3.39. The molecule has 6 heteroatoms. The SMILES string of the molecule is CCNC(=NCC1(CCO)CCCCC1)NCCCCOCCOC. The van der Waals surface area contributed by atoms with Gasteiger partial charge in [-0.1, -0.05) is 19.3 Å². The third kappa shape index (κ3) is 10.0. The fraction of sp³-hybridized carbons (Fsp3) is 0.947. The first-order valence-electron chi connectivity index (χ1n) is 9.96. The standard InChI is InChI=1S/C19H39N3O3/c1-3-20-18(21-12-7-8-14-25-16-15-24-2)22-17-19(11-13-23)9-5-4-6-10-19/h23H,3-17H2,1-2H3,(H2,20,21,22). The molecule has 1 saturated carbocycles. The summed E-state index contributed by atoms with van der Waals surface area (Å²) in [5.74, 6) is 0.894. The lowest BCUT2D eigenvalue weighted by Crippen LogP contribution is -2.39. The summed E-state index contributed by atoms with van der Waals surface area (Å²) in [5.41, 5.74) is 0.199. The van der Waals surface area contributed by atoms with E-state index in [1.54, 1.807) is 7.11 Å². The first-order valence-corrected chi connectivity index (χ1v) is 9.96. The van der Waals surface area contributed by atoms with Crippen LogP contribution < -0.4 is 10.6 Å². The predicted octanol–water partition coefficient (Wildman–Crippen LogP) is 2.32. The zero-order chi connectivity index (χ0) is 18.2. The minimum absolute atomic E-state index is 0.199. The second kappa shape index (κ2) is 14.3. The Bertz CT molecular complexity index is 339. The molecule has 0 atom stereocenters. The molecule has 0 bridgehead atoms. The number of aliphatic imine (C=N–C) groups is 1. The average Bonchev–Trinajstić information content (AvgIpc) is 2.63. The minimum atomic E-state index is 0.199. The molecule has 0 aromatic heterocycles. The topological polar surface area (TPSA) is 75.1 Å². The molecule has 0 radical (unpaired) electrons. The minimum Gasteiger partial charge on any atom is -0.396 e. The normalized spacial score (nSPS) is 17.5. The molecule has 0 spiro atoms. The molecule has 1 aliphatic rings. The summed E-state index contributed by atoms with van der Waals surface area (Å²) >= 11 is 0. The number of hydrogen-bond donors (Lipinski definition) is 3. The van der Waals surface area contributed by atoms with Crippen LogP contribution >= 0.6 is 0 Å². The summed E-state index contributed by atoms with van der Waals surface area (Å²) in [6.45, 7) is 7.02. The van der Waals surface area contributed by atoms with Crippen molar-refractivity contribution in [3.8, 4) is 0 Å². The highest BCUT2D eigenvalue weighted by Gasteiger charge is 2.31. The summed E-state index contributed by atoms with van der Waals surface area (Å²) in [4.78, 5) is 4.82. The number of unbranched alkanes of at least 4 members (excludes halogenated alkanes) is 1.